The molecule has 3 aromatic carbocycles. The number of amides is 2. The van der Waals surface area contributed by atoms with Crippen LogP contribution in [0.1, 0.15) is 33.7 Å². The number of rotatable bonds is 1. The van der Waals surface area contributed by atoms with Gasteiger partial charge in [-0.05, 0) is 46.9 Å². The summed E-state index contributed by atoms with van der Waals surface area (Å²) in [4.78, 5) is 28.9. The summed E-state index contributed by atoms with van der Waals surface area (Å²) in [5.41, 5.74) is 5.87. The number of carbonyl (C=O) groups excluding carboxylic acids is 2. The summed E-state index contributed by atoms with van der Waals surface area (Å²) >= 11 is 10.3. The van der Waals surface area contributed by atoms with Crippen molar-refractivity contribution in [2.75, 3.05) is 4.90 Å². The molecule has 1 aliphatic heterocycles. The number of hydrogen-bond donors (Lipinski definition) is 0. The number of imide groups is 1. The van der Waals surface area contributed by atoms with Gasteiger partial charge in [0, 0.05) is 10.9 Å². The van der Waals surface area contributed by atoms with Crippen LogP contribution in [0, 0.1) is 18.8 Å². The van der Waals surface area contributed by atoms with E-state index in [0.717, 1.165) is 27.8 Å². The monoisotopic (exact) mass is 477 g/mol. The second kappa shape index (κ2) is 6.05. The third-order valence-electron chi connectivity index (χ3n) is 6.93. The maximum Gasteiger partial charge on any atom is 0.239 e. The lowest BCUT2D eigenvalue weighted by Crippen LogP contribution is -2.50. The van der Waals surface area contributed by atoms with Crippen molar-refractivity contribution in [1.29, 1.82) is 0 Å². The van der Waals surface area contributed by atoms with Gasteiger partial charge in [0.25, 0.3) is 0 Å². The molecule has 3 nitrogen and oxygen atoms in total. The van der Waals surface area contributed by atoms with E-state index in [1.54, 1.807) is 12.1 Å². The van der Waals surface area contributed by atoms with Crippen LogP contribution >= 0.6 is 27.5 Å². The predicted molar refractivity (Wildman–Crippen MR) is 120 cm³/mol. The number of aryl methyl sites for hydroxylation is 1. The highest BCUT2D eigenvalue weighted by Gasteiger charge is 2.67. The van der Waals surface area contributed by atoms with E-state index in [-0.39, 0.29) is 17.7 Å². The first kappa shape index (κ1) is 18.3. The molecule has 0 radical (unpaired) electrons. The molecule has 148 valence electrons. The molecule has 0 aromatic heterocycles. The summed E-state index contributed by atoms with van der Waals surface area (Å²) in [7, 11) is 0. The molecule has 7 rings (SSSR count). The largest absolute Gasteiger partial charge is 0.274 e. The lowest BCUT2D eigenvalue weighted by Gasteiger charge is -2.51. The highest BCUT2D eigenvalue weighted by atomic mass is 79.9. The van der Waals surface area contributed by atoms with Gasteiger partial charge in [-0.1, -0.05) is 82.1 Å². The van der Waals surface area contributed by atoms with Gasteiger partial charge in [0.05, 0.1) is 21.8 Å². The third kappa shape index (κ3) is 2.06. The van der Waals surface area contributed by atoms with Crippen molar-refractivity contribution < 1.29 is 9.59 Å². The van der Waals surface area contributed by atoms with Gasteiger partial charge in [0.2, 0.25) is 11.8 Å². The van der Waals surface area contributed by atoms with Crippen molar-refractivity contribution >= 4 is 45.0 Å². The highest BCUT2D eigenvalue weighted by Crippen LogP contribution is 2.66. The van der Waals surface area contributed by atoms with E-state index in [1.165, 1.54) is 4.90 Å². The van der Waals surface area contributed by atoms with Crippen LogP contribution in [0.3, 0.4) is 0 Å². The molecule has 0 unspecified atom stereocenters. The van der Waals surface area contributed by atoms with Crippen LogP contribution in [-0.2, 0) is 13.9 Å². The fourth-order valence-electron chi connectivity index (χ4n) is 5.65. The third-order valence-corrected chi connectivity index (χ3v) is 8.68. The first-order valence-corrected chi connectivity index (χ1v) is 11.1. The van der Waals surface area contributed by atoms with Crippen molar-refractivity contribution in [3.63, 3.8) is 0 Å². The zero-order valence-corrected chi connectivity index (χ0v) is 18.4. The van der Waals surface area contributed by atoms with Crippen molar-refractivity contribution in [2.24, 2.45) is 11.8 Å². The van der Waals surface area contributed by atoms with E-state index in [0.29, 0.717) is 10.7 Å². The minimum Gasteiger partial charge on any atom is -0.274 e. The molecular formula is C25H17BrClNO2. The van der Waals surface area contributed by atoms with E-state index in [9.17, 15) is 9.59 Å². The highest BCUT2D eigenvalue weighted by molar-refractivity contribution is 9.09. The number of anilines is 1. The zero-order valence-electron chi connectivity index (χ0n) is 16.1. The topological polar surface area (TPSA) is 37.4 Å². The Hall–Kier alpha value is -2.43. The summed E-state index contributed by atoms with van der Waals surface area (Å²) in [6, 6.07) is 21.7. The summed E-state index contributed by atoms with van der Waals surface area (Å²) < 4.78 is -0.727. The van der Waals surface area contributed by atoms with Crippen LogP contribution in [0.25, 0.3) is 0 Å². The fourth-order valence-corrected chi connectivity index (χ4v) is 7.03. The number of hydrogen-bond acceptors (Lipinski definition) is 2. The molecule has 3 aromatic rings. The van der Waals surface area contributed by atoms with Crippen LogP contribution in [0.15, 0.2) is 66.7 Å². The van der Waals surface area contributed by atoms with Crippen LogP contribution in [0.4, 0.5) is 5.69 Å². The molecule has 3 aliphatic carbocycles. The molecule has 0 spiro atoms. The average molecular weight is 479 g/mol. The lowest BCUT2D eigenvalue weighted by atomic mass is 9.55. The van der Waals surface area contributed by atoms with Crippen LogP contribution in [0.5, 0.6) is 0 Å². The Labute approximate surface area is 187 Å². The molecule has 4 aliphatic rings. The Morgan fingerprint density at radius 3 is 2.10 bits per heavy atom. The van der Waals surface area contributed by atoms with E-state index in [2.05, 4.69) is 40.2 Å². The van der Waals surface area contributed by atoms with Crippen molar-refractivity contribution in [3.05, 3.63) is 99.6 Å². The fraction of sp³-hybridized carbons (Fsp3) is 0.200. The van der Waals surface area contributed by atoms with Crippen molar-refractivity contribution in [3.8, 4) is 0 Å². The smallest absolute Gasteiger partial charge is 0.239 e. The summed E-state index contributed by atoms with van der Waals surface area (Å²) in [6.07, 6.45) is 0. The molecular weight excluding hydrogens is 462 g/mol. The Kier molecular flexibility index (Phi) is 3.70. The predicted octanol–water partition coefficient (Wildman–Crippen LogP) is 5.55. The molecule has 5 heteroatoms. The van der Waals surface area contributed by atoms with Gasteiger partial charge >= 0.3 is 0 Å². The number of halogens is 2. The van der Waals surface area contributed by atoms with Crippen molar-refractivity contribution in [1.82, 2.24) is 0 Å². The van der Waals surface area contributed by atoms with Crippen molar-refractivity contribution in [2.45, 2.75) is 17.2 Å². The SMILES string of the molecule is Cc1ccc(N2C(=O)[C@@H]3[C@@H](C2=O)C2c4ccccc4C3(Br)c3ccccc32)cc1Cl. The van der Waals surface area contributed by atoms with Gasteiger partial charge in [0.1, 0.15) is 0 Å². The Morgan fingerprint density at radius 1 is 0.900 bits per heavy atom. The van der Waals surface area contributed by atoms with Gasteiger partial charge in [-0.2, -0.15) is 0 Å². The van der Waals surface area contributed by atoms with Crippen LogP contribution in [0.2, 0.25) is 5.02 Å². The average Bonchev–Trinajstić information content (AvgIpc) is 3.02. The minimum atomic E-state index is -0.727. The molecule has 1 saturated heterocycles. The molecule has 2 atom stereocenters. The number of carbonyl (C=O) groups is 2. The van der Waals surface area contributed by atoms with E-state index < -0.39 is 16.2 Å². The van der Waals surface area contributed by atoms with Crippen LogP contribution < -0.4 is 4.90 Å². The number of nitrogens with zero attached hydrogens (tertiary/aromatic N) is 1. The second-order valence-electron chi connectivity index (χ2n) is 8.31. The normalized spacial score (nSPS) is 28.4. The summed E-state index contributed by atoms with van der Waals surface area (Å²) in [5.74, 6) is -1.40. The van der Waals surface area contributed by atoms with E-state index in [4.69, 9.17) is 11.6 Å². The Balaban J connectivity index is 1.60. The maximum atomic E-state index is 13.8. The number of alkyl halides is 1. The molecule has 2 amide bonds. The second-order valence-corrected chi connectivity index (χ2v) is 9.97. The van der Waals surface area contributed by atoms with Gasteiger partial charge < -0.3 is 0 Å². The first-order chi connectivity index (χ1) is 14.4. The summed E-state index contributed by atoms with van der Waals surface area (Å²) in [5, 5.41) is 0.547. The summed E-state index contributed by atoms with van der Waals surface area (Å²) in [6.45, 7) is 1.90. The zero-order chi connectivity index (χ0) is 20.8. The Bertz CT molecular complexity index is 1220. The molecule has 30 heavy (non-hydrogen) atoms. The lowest BCUT2D eigenvalue weighted by molar-refractivity contribution is -0.122. The molecule has 2 bridgehead atoms. The van der Waals surface area contributed by atoms with Gasteiger partial charge in [-0.3, -0.25) is 9.59 Å². The first-order valence-electron chi connectivity index (χ1n) is 9.96. The molecule has 0 N–H and O–H groups in total. The van der Waals surface area contributed by atoms with Gasteiger partial charge in [-0.25, -0.2) is 4.90 Å². The van der Waals surface area contributed by atoms with E-state index in [1.807, 2.05) is 37.3 Å². The minimum absolute atomic E-state index is 0.135. The maximum absolute atomic E-state index is 13.8. The molecule has 1 heterocycles. The quantitative estimate of drug-likeness (QED) is 0.340. The van der Waals surface area contributed by atoms with Gasteiger partial charge in [0.15, 0.2) is 0 Å². The van der Waals surface area contributed by atoms with Gasteiger partial charge in [-0.15, -0.1) is 0 Å². The molecule has 0 saturated carbocycles. The standard InChI is InChI=1S/C25H17BrClNO2/c1-13-10-11-14(12-19(13)27)28-23(29)21-20-15-6-2-4-8-17(15)25(26,22(21)24(28)30)18-9-5-3-7-16(18)20/h2-12,20-22H,1H3/t20?,21-,22-,25?/m0/s1. The number of benzene rings is 3. The van der Waals surface area contributed by atoms with E-state index >= 15 is 0 Å². The Morgan fingerprint density at radius 2 is 1.50 bits per heavy atom. The van der Waals surface area contributed by atoms with Crippen LogP contribution in [-0.4, -0.2) is 11.8 Å². The molecule has 1 fully saturated rings.